The van der Waals surface area contributed by atoms with Crippen molar-refractivity contribution in [2.75, 3.05) is 7.11 Å². The summed E-state index contributed by atoms with van der Waals surface area (Å²) < 4.78 is 12.9. The molecule has 8 heteroatoms. The van der Waals surface area contributed by atoms with E-state index < -0.39 is 0 Å². The Balaban J connectivity index is 1.31. The molecule has 4 aromatic rings. The molecule has 0 spiro atoms. The van der Waals surface area contributed by atoms with E-state index in [1.807, 2.05) is 30.3 Å². The first-order chi connectivity index (χ1) is 14.8. The van der Waals surface area contributed by atoms with Gasteiger partial charge in [-0.2, -0.15) is 4.98 Å². The molecule has 0 amide bonds. The summed E-state index contributed by atoms with van der Waals surface area (Å²) in [5.41, 5.74) is 2.12. The van der Waals surface area contributed by atoms with Crippen LogP contribution in [0.3, 0.4) is 0 Å². The minimum absolute atomic E-state index is 0.528. The smallest absolute Gasteiger partial charge is 0.237 e. The fraction of sp³-hybridized carbons (Fsp3) is 0.273. The van der Waals surface area contributed by atoms with E-state index in [2.05, 4.69) is 49.2 Å². The summed E-state index contributed by atoms with van der Waals surface area (Å²) in [4.78, 5) is 4.52. The van der Waals surface area contributed by atoms with Crippen molar-refractivity contribution in [1.82, 2.24) is 24.9 Å². The Morgan fingerprint density at radius 1 is 1.07 bits per heavy atom. The van der Waals surface area contributed by atoms with Gasteiger partial charge in [0.1, 0.15) is 11.6 Å². The average molecular weight is 420 g/mol. The van der Waals surface area contributed by atoms with Crippen LogP contribution in [-0.2, 0) is 12.3 Å². The summed E-state index contributed by atoms with van der Waals surface area (Å²) >= 11 is 1.57. The number of hydrogen-bond acceptors (Lipinski definition) is 7. The molecule has 2 aromatic carbocycles. The zero-order valence-corrected chi connectivity index (χ0v) is 17.4. The molecule has 0 N–H and O–H groups in total. The maximum atomic E-state index is 5.45. The molecule has 0 saturated heterocycles. The minimum Gasteiger partial charge on any atom is -0.497 e. The average Bonchev–Trinajstić information content (AvgIpc) is 3.39. The molecule has 0 unspecified atom stereocenters. The highest BCUT2D eigenvalue weighted by Crippen LogP contribution is 2.40. The largest absolute Gasteiger partial charge is 0.497 e. The lowest BCUT2D eigenvalue weighted by Gasteiger charge is -2.09. The molecule has 0 atom stereocenters. The SMILES string of the molecule is COc1ccc(-c2noc(CSc3nnc(C4CC4)n3Cc3ccccc3)n2)cc1. The highest BCUT2D eigenvalue weighted by molar-refractivity contribution is 7.98. The van der Waals surface area contributed by atoms with Crippen LogP contribution in [0.25, 0.3) is 11.4 Å². The Morgan fingerprint density at radius 2 is 1.87 bits per heavy atom. The van der Waals surface area contributed by atoms with E-state index in [-0.39, 0.29) is 0 Å². The summed E-state index contributed by atoms with van der Waals surface area (Å²) in [6.07, 6.45) is 2.37. The molecular weight excluding hydrogens is 398 g/mol. The molecule has 1 aliphatic carbocycles. The van der Waals surface area contributed by atoms with E-state index in [1.165, 1.54) is 18.4 Å². The van der Waals surface area contributed by atoms with E-state index in [4.69, 9.17) is 9.26 Å². The molecule has 0 bridgehead atoms. The van der Waals surface area contributed by atoms with Crippen LogP contribution in [0, 0.1) is 0 Å². The van der Waals surface area contributed by atoms with Crippen LogP contribution in [0.5, 0.6) is 5.75 Å². The fourth-order valence-electron chi connectivity index (χ4n) is 3.26. The van der Waals surface area contributed by atoms with E-state index in [0.717, 1.165) is 28.8 Å². The van der Waals surface area contributed by atoms with Crippen molar-refractivity contribution >= 4 is 11.8 Å². The van der Waals surface area contributed by atoms with Crippen molar-refractivity contribution in [1.29, 1.82) is 0 Å². The van der Waals surface area contributed by atoms with Gasteiger partial charge in [-0.05, 0) is 42.7 Å². The third kappa shape index (κ3) is 4.09. The number of nitrogens with zero attached hydrogens (tertiary/aromatic N) is 5. The second-order valence-electron chi connectivity index (χ2n) is 7.22. The number of hydrogen-bond donors (Lipinski definition) is 0. The van der Waals surface area contributed by atoms with Gasteiger partial charge in [0.25, 0.3) is 0 Å². The van der Waals surface area contributed by atoms with Crippen molar-refractivity contribution in [3.8, 4) is 17.1 Å². The van der Waals surface area contributed by atoms with Gasteiger partial charge in [-0.3, -0.25) is 0 Å². The summed E-state index contributed by atoms with van der Waals surface area (Å²) in [6.45, 7) is 0.767. The monoisotopic (exact) mass is 419 g/mol. The molecule has 30 heavy (non-hydrogen) atoms. The first-order valence-corrected chi connectivity index (χ1v) is 10.9. The van der Waals surface area contributed by atoms with Crippen molar-refractivity contribution in [3.05, 3.63) is 71.9 Å². The lowest BCUT2D eigenvalue weighted by atomic mass is 10.2. The predicted octanol–water partition coefficient (Wildman–Crippen LogP) is 4.55. The van der Waals surface area contributed by atoms with Crippen LogP contribution in [-0.4, -0.2) is 32.0 Å². The normalized spacial score (nSPS) is 13.5. The quantitative estimate of drug-likeness (QED) is 0.388. The molecular formula is C22H21N5O2S. The summed E-state index contributed by atoms with van der Waals surface area (Å²) in [5, 5.41) is 13.9. The molecule has 152 valence electrons. The Bertz CT molecular complexity index is 1120. The standard InChI is InChI=1S/C22H21N5O2S/c1-28-18-11-9-16(10-12-18)20-23-19(29-26-20)14-30-22-25-24-21(17-7-8-17)27(22)13-15-5-3-2-4-6-15/h2-6,9-12,17H,7-8,13-14H2,1H3. The highest BCUT2D eigenvalue weighted by Gasteiger charge is 2.30. The number of aromatic nitrogens is 5. The topological polar surface area (TPSA) is 78.9 Å². The molecule has 1 saturated carbocycles. The van der Waals surface area contributed by atoms with Crippen LogP contribution in [0.4, 0.5) is 0 Å². The van der Waals surface area contributed by atoms with Crippen molar-refractivity contribution in [2.24, 2.45) is 0 Å². The highest BCUT2D eigenvalue weighted by atomic mass is 32.2. The van der Waals surface area contributed by atoms with E-state index in [9.17, 15) is 0 Å². The van der Waals surface area contributed by atoms with Crippen LogP contribution in [0.1, 0.15) is 36.0 Å². The number of thioether (sulfide) groups is 1. The van der Waals surface area contributed by atoms with Crippen molar-refractivity contribution in [3.63, 3.8) is 0 Å². The first kappa shape index (κ1) is 18.9. The number of methoxy groups -OCH3 is 1. The van der Waals surface area contributed by atoms with E-state index in [1.54, 1.807) is 18.9 Å². The molecule has 7 nitrogen and oxygen atoms in total. The van der Waals surface area contributed by atoms with Gasteiger partial charge in [0.2, 0.25) is 11.7 Å². The van der Waals surface area contributed by atoms with Crippen LogP contribution >= 0.6 is 11.8 Å². The summed E-state index contributed by atoms with van der Waals surface area (Å²) in [7, 11) is 1.64. The Hall–Kier alpha value is -3.13. The maximum Gasteiger partial charge on any atom is 0.237 e. The molecule has 0 radical (unpaired) electrons. The van der Waals surface area contributed by atoms with Crippen LogP contribution in [0.15, 0.2) is 64.3 Å². The molecule has 1 aliphatic rings. The van der Waals surface area contributed by atoms with Gasteiger partial charge in [-0.15, -0.1) is 10.2 Å². The van der Waals surface area contributed by atoms with Crippen molar-refractivity contribution in [2.45, 2.75) is 36.2 Å². The molecule has 2 heterocycles. The zero-order valence-electron chi connectivity index (χ0n) is 16.6. The first-order valence-electron chi connectivity index (χ1n) is 9.87. The Kier molecular flexibility index (Phi) is 5.23. The molecule has 0 aliphatic heterocycles. The lowest BCUT2D eigenvalue weighted by molar-refractivity contribution is 0.391. The number of ether oxygens (including phenoxy) is 1. The number of rotatable bonds is 8. The third-order valence-electron chi connectivity index (χ3n) is 5.01. The molecule has 5 rings (SSSR count). The third-order valence-corrected chi connectivity index (χ3v) is 5.96. The van der Waals surface area contributed by atoms with Gasteiger partial charge in [0.15, 0.2) is 5.16 Å². The van der Waals surface area contributed by atoms with Crippen LogP contribution in [0.2, 0.25) is 0 Å². The Labute approximate surface area is 178 Å². The predicted molar refractivity (Wildman–Crippen MR) is 113 cm³/mol. The molecule has 1 fully saturated rings. The molecule has 2 aromatic heterocycles. The van der Waals surface area contributed by atoms with Gasteiger partial charge in [-0.25, -0.2) is 0 Å². The van der Waals surface area contributed by atoms with Gasteiger partial charge in [0, 0.05) is 11.5 Å². The van der Waals surface area contributed by atoms with Gasteiger partial charge in [-0.1, -0.05) is 47.3 Å². The minimum atomic E-state index is 0.528. The maximum absolute atomic E-state index is 5.45. The van der Waals surface area contributed by atoms with Gasteiger partial charge in [0.05, 0.1) is 19.4 Å². The Morgan fingerprint density at radius 3 is 2.60 bits per heavy atom. The number of benzene rings is 2. The second-order valence-corrected chi connectivity index (χ2v) is 8.16. The van der Waals surface area contributed by atoms with E-state index >= 15 is 0 Å². The summed E-state index contributed by atoms with van der Waals surface area (Å²) in [6, 6.07) is 18.0. The summed E-state index contributed by atoms with van der Waals surface area (Å²) in [5.74, 6) is 4.07. The van der Waals surface area contributed by atoms with Gasteiger partial charge < -0.3 is 13.8 Å². The van der Waals surface area contributed by atoms with Gasteiger partial charge >= 0.3 is 0 Å². The fourth-order valence-corrected chi connectivity index (χ4v) is 4.04. The van der Waals surface area contributed by atoms with E-state index in [0.29, 0.717) is 23.4 Å². The zero-order chi connectivity index (χ0) is 20.3. The second kappa shape index (κ2) is 8.31. The van der Waals surface area contributed by atoms with Crippen LogP contribution < -0.4 is 4.74 Å². The van der Waals surface area contributed by atoms with Crippen molar-refractivity contribution < 1.29 is 9.26 Å². The lowest BCUT2D eigenvalue weighted by Crippen LogP contribution is -2.06.